The number of nitriles is 1. The van der Waals surface area contributed by atoms with Crippen LogP contribution in [-0.4, -0.2) is 5.91 Å². The molecule has 1 aromatic rings. The molecule has 3 nitrogen and oxygen atoms in total. The molecule has 0 aliphatic rings. The van der Waals surface area contributed by atoms with Crippen molar-refractivity contribution in [2.75, 3.05) is 5.32 Å². The predicted molar refractivity (Wildman–Crippen MR) is 62.6 cm³/mol. The van der Waals surface area contributed by atoms with Crippen LogP contribution in [0.2, 0.25) is 0 Å². The topological polar surface area (TPSA) is 52.9 Å². The molecule has 1 atom stereocenters. The summed E-state index contributed by atoms with van der Waals surface area (Å²) >= 11 is 2.79. The van der Waals surface area contributed by atoms with E-state index in [0.29, 0.717) is 0 Å². The first kappa shape index (κ1) is 14.5. The number of hydrogen-bond donors (Lipinski definition) is 1. The van der Waals surface area contributed by atoms with Gasteiger partial charge in [-0.1, -0.05) is 15.9 Å². The molecule has 0 radical (unpaired) electrons. The van der Waals surface area contributed by atoms with Crippen molar-refractivity contribution in [3.63, 3.8) is 0 Å². The lowest BCUT2D eigenvalue weighted by atomic mass is 10.1. The average molecular weight is 321 g/mol. The van der Waals surface area contributed by atoms with Crippen molar-refractivity contribution >= 4 is 27.5 Å². The quantitative estimate of drug-likeness (QED) is 0.905. The van der Waals surface area contributed by atoms with Crippen LogP contribution in [0, 0.1) is 17.2 Å². The Morgan fingerprint density at radius 3 is 2.61 bits per heavy atom. The highest BCUT2D eigenvalue weighted by molar-refractivity contribution is 9.10. The van der Waals surface area contributed by atoms with E-state index in [1.54, 1.807) is 6.07 Å². The van der Waals surface area contributed by atoms with Gasteiger partial charge in [0.15, 0.2) is 0 Å². The van der Waals surface area contributed by atoms with Crippen molar-refractivity contribution in [1.29, 1.82) is 5.26 Å². The molecule has 0 bridgehead atoms. The van der Waals surface area contributed by atoms with Gasteiger partial charge in [-0.15, -0.1) is 0 Å². The van der Waals surface area contributed by atoms with E-state index in [1.165, 1.54) is 19.1 Å². The predicted octanol–water partition coefficient (Wildman–Crippen LogP) is 3.57. The van der Waals surface area contributed by atoms with Crippen LogP contribution in [0.15, 0.2) is 22.7 Å². The molecule has 0 spiro atoms. The average Bonchev–Trinajstić information content (AvgIpc) is 2.29. The van der Waals surface area contributed by atoms with E-state index in [-0.39, 0.29) is 10.2 Å². The number of carbonyl (C=O) groups is 1. The van der Waals surface area contributed by atoms with E-state index in [1.807, 2.05) is 0 Å². The molecule has 7 heteroatoms. The molecule has 1 aromatic carbocycles. The molecule has 0 aromatic heterocycles. The highest BCUT2D eigenvalue weighted by Gasteiger charge is 2.33. The van der Waals surface area contributed by atoms with Crippen LogP contribution in [0.5, 0.6) is 0 Å². The van der Waals surface area contributed by atoms with Crippen LogP contribution >= 0.6 is 15.9 Å². The minimum Gasteiger partial charge on any atom is -0.325 e. The summed E-state index contributed by atoms with van der Waals surface area (Å²) in [5.74, 6) is -1.57. The number of halogens is 4. The molecule has 0 heterocycles. The number of hydrogen-bond acceptors (Lipinski definition) is 2. The SMILES string of the molecule is CC(C#N)C(=O)Nc1ccc(Br)c(C(F)(F)F)c1. The fraction of sp³-hybridized carbons (Fsp3) is 0.273. The Hall–Kier alpha value is -1.55. The van der Waals surface area contributed by atoms with Crippen molar-refractivity contribution < 1.29 is 18.0 Å². The molecule has 1 unspecified atom stereocenters. The van der Waals surface area contributed by atoms with Gasteiger partial charge in [0, 0.05) is 10.2 Å². The Morgan fingerprint density at radius 1 is 1.50 bits per heavy atom. The lowest BCUT2D eigenvalue weighted by Crippen LogP contribution is -2.19. The fourth-order valence-electron chi connectivity index (χ4n) is 1.13. The van der Waals surface area contributed by atoms with E-state index in [0.717, 1.165) is 6.07 Å². The summed E-state index contributed by atoms with van der Waals surface area (Å²) < 4.78 is 37.7. The molecule has 0 saturated carbocycles. The minimum atomic E-state index is -4.51. The Morgan fingerprint density at radius 2 is 2.11 bits per heavy atom. The summed E-state index contributed by atoms with van der Waals surface area (Å²) in [5, 5.41) is 10.8. The van der Waals surface area contributed by atoms with E-state index >= 15 is 0 Å². The number of anilines is 1. The van der Waals surface area contributed by atoms with Gasteiger partial charge in [0.05, 0.1) is 11.6 Å². The lowest BCUT2D eigenvalue weighted by molar-refractivity contribution is -0.138. The highest BCUT2D eigenvalue weighted by Crippen LogP contribution is 2.36. The van der Waals surface area contributed by atoms with E-state index < -0.39 is 23.6 Å². The van der Waals surface area contributed by atoms with Crippen LogP contribution in [0.1, 0.15) is 12.5 Å². The van der Waals surface area contributed by atoms with Gasteiger partial charge >= 0.3 is 6.18 Å². The third kappa shape index (κ3) is 3.47. The van der Waals surface area contributed by atoms with Crippen LogP contribution in [0.3, 0.4) is 0 Å². The zero-order valence-electron chi connectivity index (χ0n) is 9.18. The zero-order valence-corrected chi connectivity index (χ0v) is 10.8. The van der Waals surface area contributed by atoms with Gasteiger partial charge in [0.2, 0.25) is 5.91 Å². The molecular weight excluding hydrogens is 313 g/mol. The standard InChI is InChI=1S/C11H8BrF3N2O/c1-6(5-16)10(18)17-7-2-3-9(12)8(4-7)11(13,14)15/h2-4,6H,1H3,(H,17,18). The number of rotatable bonds is 2. The number of alkyl halides is 3. The van der Waals surface area contributed by atoms with E-state index in [2.05, 4.69) is 21.2 Å². The second-order valence-corrected chi connectivity index (χ2v) is 4.39. The van der Waals surface area contributed by atoms with E-state index in [9.17, 15) is 18.0 Å². The monoisotopic (exact) mass is 320 g/mol. The van der Waals surface area contributed by atoms with Crippen LogP contribution in [0.4, 0.5) is 18.9 Å². The Kier molecular flexibility index (Phi) is 4.35. The molecule has 0 saturated heterocycles. The van der Waals surface area contributed by atoms with Crippen LogP contribution < -0.4 is 5.32 Å². The number of nitrogens with zero attached hydrogens (tertiary/aromatic N) is 1. The van der Waals surface area contributed by atoms with Gasteiger partial charge in [-0.05, 0) is 25.1 Å². The summed E-state index contributed by atoms with van der Waals surface area (Å²) in [5.41, 5.74) is -0.887. The third-order valence-electron chi connectivity index (χ3n) is 2.13. The van der Waals surface area contributed by atoms with Crippen molar-refractivity contribution in [1.82, 2.24) is 0 Å². The first-order chi connectivity index (χ1) is 8.25. The minimum absolute atomic E-state index is 0.00220. The van der Waals surface area contributed by atoms with Gasteiger partial charge in [-0.25, -0.2) is 0 Å². The normalized spacial score (nSPS) is 12.7. The Balaban J connectivity index is 3.01. The number of nitrogens with one attached hydrogen (secondary N) is 1. The second-order valence-electron chi connectivity index (χ2n) is 3.53. The lowest BCUT2D eigenvalue weighted by Gasteiger charge is -2.12. The number of benzene rings is 1. The van der Waals surface area contributed by atoms with E-state index in [4.69, 9.17) is 5.26 Å². The summed E-state index contributed by atoms with van der Waals surface area (Å²) in [6.45, 7) is 1.36. The second kappa shape index (κ2) is 5.40. The van der Waals surface area contributed by atoms with Gasteiger partial charge in [0.25, 0.3) is 0 Å². The summed E-state index contributed by atoms with van der Waals surface area (Å²) in [7, 11) is 0. The number of amides is 1. The molecule has 1 N–H and O–H groups in total. The van der Waals surface area contributed by atoms with Crippen LogP contribution in [-0.2, 0) is 11.0 Å². The van der Waals surface area contributed by atoms with Gasteiger partial charge < -0.3 is 5.32 Å². The molecule has 1 rings (SSSR count). The summed E-state index contributed by atoms with van der Waals surface area (Å²) in [6.07, 6.45) is -4.51. The maximum Gasteiger partial charge on any atom is 0.417 e. The highest BCUT2D eigenvalue weighted by atomic mass is 79.9. The summed E-state index contributed by atoms with van der Waals surface area (Å²) in [6, 6.07) is 5.02. The molecular formula is C11H8BrF3N2O. The first-order valence-electron chi connectivity index (χ1n) is 4.83. The van der Waals surface area contributed by atoms with Crippen molar-refractivity contribution in [3.8, 4) is 6.07 Å². The molecule has 1 amide bonds. The van der Waals surface area contributed by atoms with Crippen LogP contribution in [0.25, 0.3) is 0 Å². The van der Waals surface area contributed by atoms with Gasteiger partial charge in [0.1, 0.15) is 5.92 Å². The van der Waals surface area contributed by atoms with Gasteiger partial charge in [-0.3, -0.25) is 4.79 Å². The fourth-order valence-corrected chi connectivity index (χ4v) is 1.60. The summed E-state index contributed by atoms with van der Waals surface area (Å²) in [4.78, 5) is 11.4. The molecule has 0 aliphatic carbocycles. The first-order valence-corrected chi connectivity index (χ1v) is 5.62. The van der Waals surface area contributed by atoms with Gasteiger partial charge in [-0.2, -0.15) is 18.4 Å². The van der Waals surface area contributed by atoms with Crippen molar-refractivity contribution in [2.45, 2.75) is 13.1 Å². The largest absolute Gasteiger partial charge is 0.417 e. The Labute approximate surface area is 110 Å². The number of carbonyl (C=O) groups excluding carboxylic acids is 1. The molecule has 0 fully saturated rings. The molecule has 18 heavy (non-hydrogen) atoms. The maximum atomic E-state index is 12.6. The zero-order chi connectivity index (χ0) is 13.9. The Bertz CT molecular complexity index is 508. The smallest absolute Gasteiger partial charge is 0.325 e. The van der Waals surface area contributed by atoms with Crippen molar-refractivity contribution in [3.05, 3.63) is 28.2 Å². The molecule has 0 aliphatic heterocycles. The molecule has 96 valence electrons. The van der Waals surface area contributed by atoms with Crippen molar-refractivity contribution in [2.24, 2.45) is 5.92 Å². The maximum absolute atomic E-state index is 12.6. The third-order valence-corrected chi connectivity index (χ3v) is 2.82.